The number of hydrogen-bond acceptors (Lipinski definition) is 4. The van der Waals surface area contributed by atoms with E-state index in [1.807, 2.05) is 18.2 Å². The summed E-state index contributed by atoms with van der Waals surface area (Å²) in [7, 11) is 1.62. The minimum Gasteiger partial charge on any atom is -0.481 e. The molecule has 0 aliphatic heterocycles. The summed E-state index contributed by atoms with van der Waals surface area (Å²) in [6.07, 6.45) is 3.78. The third-order valence-electron chi connectivity index (χ3n) is 3.69. The maximum atomic E-state index is 5.76. The molecule has 0 bridgehead atoms. The van der Waals surface area contributed by atoms with E-state index >= 15 is 0 Å². The molecule has 18 heavy (non-hydrogen) atoms. The van der Waals surface area contributed by atoms with Crippen molar-refractivity contribution in [3.63, 3.8) is 0 Å². The third kappa shape index (κ3) is 3.43. The first-order valence-corrected chi connectivity index (χ1v) is 6.61. The molecule has 1 aliphatic rings. The van der Waals surface area contributed by atoms with Gasteiger partial charge in [0.2, 0.25) is 5.88 Å². The number of ether oxygens (including phenoxy) is 2. The Labute approximate surface area is 108 Å². The quantitative estimate of drug-likeness (QED) is 0.838. The van der Waals surface area contributed by atoms with Gasteiger partial charge < -0.3 is 15.2 Å². The molecule has 1 fully saturated rings. The molecule has 4 heteroatoms. The van der Waals surface area contributed by atoms with Crippen LogP contribution in [-0.2, 0) is 11.3 Å². The van der Waals surface area contributed by atoms with Crippen LogP contribution in [-0.4, -0.2) is 25.2 Å². The summed E-state index contributed by atoms with van der Waals surface area (Å²) in [6, 6.07) is 5.73. The molecular formula is C14H22N2O2. The van der Waals surface area contributed by atoms with Crippen molar-refractivity contribution in [1.29, 1.82) is 0 Å². The summed E-state index contributed by atoms with van der Waals surface area (Å²) in [5.74, 6) is 1.90. The van der Waals surface area contributed by atoms with Crippen molar-refractivity contribution in [2.75, 3.05) is 20.3 Å². The van der Waals surface area contributed by atoms with Gasteiger partial charge in [0.15, 0.2) is 0 Å². The number of hydrogen-bond donors (Lipinski definition) is 1. The van der Waals surface area contributed by atoms with Crippen molar-refractivity contribution >= 4 is 0 Å². The van der Waals surface area contributed by atoms with E-state index in [0.717, 1.165) is 18.8 Å². The van der Waals surface area contributed by atoms with Crippen molar-refractivity contribution in [2.24, 2.45) is 17.6 Å². The van der Waals surface area contributed by atoms with Gasteiger partial charge in [-0.2, -0.15) is 0 Å². The zero-order valence-electron chi connectivity index (χ0n) is 11.0. The molecule has 2 N–H and O–H groups in total. The number of rotatable bonds is 6. The second kappa shape index (κ2) is 6.71. The second-order valence-electron chi connectivity index (χ2n) is 4.87. The maximum Gasteiger partial charge on any atom is 0.213 e. The lowest BCUT2D eigenvalue weighted by Crippen LogP contribution is -2.22. The molecule has 2 rings (SSSR count). The monoisotopic (exact) mass is 250 g/mol. The summed E-state index contributed by atoms with van der Waals surface area (Å²) in [6.45, 7) is 2.12. The maximum absolute atomic E-state index is 5.76. The van der Waals surface area contributed by atoms with E-state index in [1.54, 1.807) is 7.11 Å². The van der Waals surface area contributed by atoms with Gasteiger partial charge in [0.05, 0.1) is 26.0 Å². The Morgan fingerprint density at radius 2 is 2.17 bits per heavy atom. The molecule has 4 nitrogen and oxygen atoms in total. The topological polar surface area (TPSA) is 57.4 Å². The van der Waals surface area contributed by atoms with Crippen molar-refractivity contribution < 1.29 is 9.47 Å². The normalized spacial score (nSPS) is 23.2. The van der Waals surface area contributed by atoms with Crippen LogP contribution in [0.2, 0.25) is 0 Å². The molecule has 0 aromatic carbocycles. The van der Waals surface area contributed by atoms with Crippen molar-refractivity contribution in [1.82, 2.24) is 4.98 Å². The number of nitrogens with zero attached hydrogens (tertiary/aromatic N) is 1. The van der Waals surface area contributed by atoms with Gasteiger partial charge in [0.1, 0.15) is 0 Å². The Kier molecular flexibility index (Phi) is 4.96. The number of methoxy groups -OCH3 is 1. The predicted molar refractivity (Wildman–Crippen MR) is 70.3 cm³/mol. The number of pyridine rings is 1. The van der Waals surface area contributed by atoms with Gasteiger partial charge >= 0.3 is 0 Å². The van der Waals surface area contributed by atoms with Crippen LogP contribution in [0.4, 0.5) is 0 Å². The molecule has 100 valence electrons. The Morgan fingerprint density at radius 3 is 2.94 bits per heavy atom. The van der Waals surface area contributed by atoms with Crippen LogP contribution in [0.5, 0.6) is 5.88 Å². The van der Waals surface area contributed by atoms with Crippen LogP contribution >= 0.6 is 0 Å². The van der Waals surface area contributed by atoms with Crippen LogP contribution in [0, 0.1) is 11.8 Å². The summed E-state index contributed by atoms with van der Waals surface area (Å²) in [5, 5.41) is 0. The summed E-state index contributed by atoms with van der Waals surface area (Å²) in [5.41, 5.74) is 6.67. The van der Waals surface area contributed by atoms with Gasteiger partial charge in [0.25, 0.3) is 0 Å². The lowest BCUT2D eigenvalue weighted by molar-refractivity contribution is 0.0731. The molecule has 0 amide bonds. The molecule has 1 aliphatic carbocycles. The third-order valence-corrected chi connectivity index (χ3v) is 3.69. The van der Waals surface area contributed by atoms with Crippen LogP contribution < -0.4 is 10.5 Å². The van der Waals surface area contributed by atoms with E-state index in [9.17, 15) is 0 Å². The predicted octanol–water partition coefficient (Wildman–Crippen LogP) is 1.98. The Morgan fingerprint density at radius 1 is 1.33 bits per heavy atom. The van der Waals surface area contributed by atoms with Gasteiger partial charge in [0, 0.05) is 6.07 Å². The first-order chi connectivity index (χ1) is 8.83. The molecule has 0 saturated heterocycles. The van der Waals surface area contributed by atoms with Crippen molar-refractivity contribution in [3.8, 4) is 5.88 Å². The average Bonchev–Trinajstić information content (AvgIpc) is 2.86. The highest BCUT2D eigenvalue weighted by molar-refractivity contribution is 5.14. The highest BCUT2D eigenvalue weighted by Crippen LogP contribution is 2.31. The first kappa shape index (κ1) is 13.3. The van der Waals surface area contributed by atoms with Crippen LogP contribution in [0.25, 0.3) is 0 Å². The van der Waals surface area contributed by atoms with E-state index in [1.165, 1.54) is 19.3 Å². The molecule has 2 unspecified atom stereocenters. The van der Waals surface area contributed by atoms with Gasteiger partial charge in [-0.1, -0.05) is 12.5 Å². The first-order valence-electron chi connectivity index (χ1n) is 6.61. The Bertz CT molecular complexity index is 371. The fourth-order valence-electron chi connectivity index (χ4n) is 2.61. The summed E-state index contributed by atoms with van der Waals surface area (Å²) >= 11 is 0. The molecule has 1 heterocycles. The largest absolute Gasteiger partial charge is 0.481 e. The van der Waals surface area contributed by atoms with Gasteiger partial charge in [-0.25, -0.2) is 4.98 Å². The Hall–Kier alpha value is -1.13. The smallest absolute Gasteiger partial charge is 0.213 e. The van der Waals surface area contributed by atoms with E-state index in [4.69, 9.17) is 15.2 Å². The van der Waals surface area contributed by atoms with Gasteiger partial charge in [-0.3, -0.25) is 0 Å². The molecule has 1 saturated carbocycles. The standard InChI is InChI=1S/C14H22N2O2/c1-17-14-7-3-6-13(16-14)10-18-9-12-5-2-4-11(12)8-15/h3,6-7,11-12H,2,4-5,8-10,15H2,1H3. The SMILES string of the molecule is COc1cccc(COCC2CCCC2CN)n1. The fraction of sp³-hybridized carbons (Fsp3) is 0.643. The van der Waals surface area contributed by atoms with E-state index in [0.29, 0.717) is 24.3 Å². The molecule has 2 atom stereocenters. The Balaban J connectivity index is 1.77. The fourth-order valence-corrected chi connectivity index (χ4v) is 2.61. The molecule has 0 radical (unpaired) electrons. The lowest BCUT2D eigenvalue weighted by Gasteiger charge is -2.17. The second-order valence-corrected chi connectivity index (χ2v) is 4.87. The van der Waals surface area contributed by atoms with E-state index in [2.05, 4.69) is 4.98 Å². The average molecular weight is 250 g/mol. The highest BCUT2D eigenvalue weighted by Gasteiger charge is 2.25. The minimum atomic E-state index is 0.547. The lowest BCUT2D eigenvalue weighted by atomic mass is 9.97. The minimum absolute atomic E-state index is 0.547. The molecule has 1 aromatic heterocycles. The van der Waals surface area contributed by atoms with E-state index < -0.39 is 0 Å². The van der Waals surface area contributed by atoms with E-state index in [-0.39, 0.29) is 0 Å². The van der Waals surface area contributed by atoms with Crippen LogP contribution in [0.1, 0.15) is 25.0 Å². The zero-order valence-corrected chi connectivity index (χ0v) is 11.0. The summed E-state index contributed by atoms with van der Waals surface area (Å²) in [4.78, 5) is 4.32. The number of aromatic nitrogens is 1. The molecule has 0 spiro atoms. The van der Waals surface area contributed by atoms with Crippen LogP contribution in [0.3, 0.4) is 0 Å². The molecule has 1 aromatic rings. The highest BCUT2D eigenvalue weighted by atomic mass is 16.5. The molecular weight excluding hydrogens is 228 g/mol. The number of nitrogens with two attached hydrogens (primary N) is 1. The van der Waals surface area contributed by atoms with Gasteiger partial charge in [-0.15, -0.1) is 0 Å². The summed E-state index contributed by atoms with van der Waals surface area (Å²) < 4.78 is 10.8. The van der Waals surface area contributed by atoms with Gasteiger partial charge in [-0.05, 0) is 37.3 Å². The zero-order chi connectivity index (χ0) is 12.8. The van der Waals surface area contributed by atoms with Crippen molar-refractivity contribution in [3.05, 3.63) is 23.9 Å². The van der Waals surface area contributed by atoms with Crippen LogP contribution in [0.15, 0.2) is 18.2 Å². The van der Waals surface area contributed by atoms with Crippen molar-refractivity contribution in [2.45, 2.75) is 25.9 Å².